The highest BCUT2D eigenvalue weighted by Crippen LogP contribution is 2.38. The second-order valence-corrected chi connectivity index (χ2v) is 8.30. The molecule has 0 radical (unpaired) electrons. The van der Waals surface area contributed by atoms with E-state index in [1.54, 1.807) is 19.1 Å². The zero-order valence-electron chi connectivity index (χ0n) is 16.9. The van der Waals surface area contributed by atoms with Gasteiger partial charge in [-0.15, -0.1) is 11.3 Å². The summed E-state index contributed by atoms with van der Waals surface area (Å²) in [5.74, 6) is -0.587. The maximum absolute atomic E-state index is 12.7. The van der Waals surface area contributed by atoms with Gasteiger partial charge in [0.15, 0.2) is 0 Å². The van der Waals surface area contributed by atoms with Crippen LogP contribution in [0, 0.1) is 0 Å². The predicted molar refractivity (Wildman–Crippen MR) is 119 cm³/mol. The fourth-order valence-electron chi connectivity index (χ4n) is 3.71. The number of benzene rings is 2. The minimum Gasteiger partial charge on any atom is -0.462 e. The molecule has 1 aromatic heterocycles. The lowest BCUT2D eigenvalue weighted by Gasteiger charge is -2.27. The lowest BCUT2D eigenvalue weighted by atomic mass is 10.0. The van der Waals surface area contributed by atoms with E-state index >= 15 is 0 Å². The number of nitrogens with zero attached hydrogens (tertiary/aromatic N) is 1. The molecule has 4 rings (SSSR count). The molecule has 0 bridgehead atoms. The number of amides is 1. The van der Waals surface area contributed by atoms with E-state index in [9.17, 15) is 9.59 Å². The average molecular weight is 421 g/mol. The Kier molecular flexibility index (Phi) is 6.26. The molecule has 2 heterocycles. The molecule has 2 aromatic carbocycles. The molecule has 0 unspecified atom stereocenters. The molecule has 30 heavy (non-hydrogen) atoms. The monoisotopic (exact) mass is 420 g/mol. The molecule has 1 aliphatic heterocycles. The second-order valence-electron chi connectivity index (χ2n) is 7.19. The van der Waals surface area contributed by atoms with Crippen LogP contribution in [0.4, 0.5) is 5.00 Å². The largest absolute Gasteiger partial charge is 0.462 e. The van der Waals surface area contributed by atoms with Crippen molar-refractivity contribution in [3.63, 3.8) is 0 Å². The van der Waals surface area contributed by atoms with Crippen LogP contribution in [0.5, 0.6) is 0 Å². The Labute approximate surface area is 180 Å². The van der Waals surface area contributed by atoms with Gasteiger partial charge in [-0.2, -0.15) is 0 Å². The number of carbonyl (C=O) groups is 2. The Morgan fingerprint density at radius 3 is 2.47 bits per heavy atom. The lowest BCUT2D eigenvalue weighted by molar-refractivity contribution is 0.0526. The van der Waals surface area contributed by atoms with Crippen LogP contribution in [0.15, 0.2) is 60.7 Å². The lowest BCUT2D eigenvalue weighted by Crippen LogP contribution is -2.29. The number of rotatable bonds is 6. The van der Waals surface area contributed by atoms with Gasteiger partial charge < -0.3 is 10.1 Å². The first kappa shape index (κ1) is 20.3. The van der Waals surface area contributed by atoms with E-state index in [2.05, 4.69) is 22.3 Å². The highest BCUT2D eigenvalue weighted by atomic mass is 32.1. The first-order valence-electron chi connectivity index (χ1n) is 10.1. The molecule has 0 aliphatic carbocycles. The highest BCUT2D eigenvalue weighted by molar-refractivity contribution is 7.17. The van der Waals surface area contributed by atoms with E-state index in [0.717, 1.165) is 36.5 Å². The quantitative estimate of drug-likeness (QED) is 0.586. The molecule has 0 fully saturated rings. The summed E-state index contributed by atoms with van der Waals surface area (Å²) in [6.45, 7) is 4.56. The minimum atomic E-state index is -0.366. The van der Waals surface area contributed by atoms with Gasteiger partial charge in [0.05, 0.1) is 12.2 Å². The van der Waals surface area contributed by atoms with E-state index in [1.807, 2.05) is 36.4 Å². The van der Waals surface area contributed by atoms with Crippen molar-refractivity contribution in [1.82, 2.24) is 4.90 Å². The smallest absolute Gasteiger partial charge is 0.341 e. The Balaban J connectivity index is 1.59. The van der Waals surface area contributed by atoms with Crippen LogP contribution in [-0.2, 0) is 24.2 Å². The molecule has 1 amide bonds. The van der Waals surface area contributed by atoms with Crippen molar-refractivity contribution in [2.45, 2.75) is 26.4 Å². The van der Waals surface area contributed by atoms with E-state index in [0.29, 0.717) is 22.7 Å². The summed E-state index contributed by atoms with van der Waals surface area (Å²) in [6.07, 6.45) is 0.758. The van der Waals surface area contributed by atoms with Crippen molar-refractivity contribution in [2.24, 2.45) is 0 Å². The van der Waals surface area contributed by atoms with Crippen molar-refractivity contribution in [1.29, 1.82) is 0 Å². The number of carbonyl (C=O) groups excluding carboxylic acids is 2. The van der Waals surface area contributed by atoms with E-state index < -0.39 is 0 Å². The zero-order valence-corrected chi connectivity index (χ0v) is 17.7. The van der Waals surface area contributed by atoms with Gasteiger partial charge in [-0.05, 0) is 36.6 Å². The molecule has 1 N–H and O–H groups in total. The third-order valence-electron chi connectivity index (χ3n) is 5.13. The Morgan fingerprint density at radius 1 is 1.07 bits per heavy atom. The van der Waals surface area contributed by atoms with Crippen molar-refractivity contribution < 1.29 is 14.3 Å². The maximum atomic E-state index is 12.7. The van der Waals surface area contributed by atoms with Gasteiger partial charge in [-0.1, -0.05) is 48.5 Å². The standard InChI is InChI=1S/C24H24N2O3S/c1-2-29-24(28)21-19-13-14-26(15-17-9-5-3-6-10-17)16-20(19)30-23(21)25-22(27)18-11-7-4-8-12-18/h3-12H,2,13-16H2,1H3,(H,25,27). The fourth-order valence-corrected chi connectivity index (χ4v) is 4.98. The molecule has 154 valence electrons. The molecule has 0 saturated heterocycles. The average Bonchev–Trinajstić information content (AvgIpc) is 3.12. The third kappa shape index (κ3) is 4.45. The number of hydrogen-bond acceptors (Lipinski definition) is 5. The van der Waals surface area contributed by atoms with Crippen LogP contribution in [-0.4, -0.2) is 29.9 Å². The topological polar surface area (TPSA) is 58.6 Å². The van der Waals surface area contributed by atoms with Gasteiger partial charge in [0.1, 0.15) is 5.00 Å². The third-order valence-corrected chi connectivity index (χ3v) is 6.26. The van der Waals surface area contributed by atoms with E-state index in [-0.39, 0.29) is 11.9 Å². The summed E-state index contributed by atoms with van der Waals surface area (Å²) in [7, 11) is 0. The molecule has 5 nitrogen and oxygen atoms in total. The SMILES string of the molecule is CCOC(=O)c1c(NC(=O)c2ccccc2)sc2c1CCN(Cc1ccccc1)C2. The summed E-state index contributed by atoms with van der Waals surface area (Å²) in [4.78, 5) is 28.9. The molecular weight excluding hydrogens is 396 g/mol. The van der Waals surface area contributed by atoms with Crippen molar-refractivity contribution in [2.75, 3.05) is 18.5 Å². The van der Waals surface area contributed by atoms with Crippen LogP contribution >= 0.6 is 11.3 Å². The number of hydrogen-bond donors (Lipinski definition) is 1. The molecule has 0 spiro atoms. The summed E-state index contributed by atoms with van der Waals surface area (Å²) in [6, 6.07) is 19.4. The normalized spacial score (nSPS) is 13.5. The van der Waals surface area contributed by atoms with Crippen molar-refractivity contribution >= 4 is 28.2 Å². The number of thiophene rings is 1. The van der Waals surface area contributed by atoms with Gasteiger partial charge in [0.25, 0.3) is 5.91 Å². The van der Waals surface area contributed by atoms with Gasteiger partial charge in [-0.3, -0.25) is 9.69 Å². The zero-order chi connectivity index (χ0) is 20.9. The van der Waals surface area contributed by atoms with Crippen molar-refractivity contribution in [3.05, 3.63) is 87.8 Å². The molecule has 3 aromatic rings. The van der Waals surface area contributed by atoms with E-state index in [1.165, 1.54) is 16.9 Å². The first-order chi connectivity index (χ1) is 14.7. The van der Waals surface area contributed by atoms with Crippen LogP contribution in [0.25, 0.3) is 0 Å². The Bertz CT molecular complexity index is 1030. The summed E-state index contributed by atoms with van der Waals surface area (Å²) in [5, 5.41) is 3.53. The minimum absolute atomic E-state index is 0.221. The fraction of sp³-hybridized carbons (Fsp3) is 0.250. The first-order valence-corrected chi connectivity index (χ1v) is 10.9. The van der Waals surface area contributed by atoms with Crippen LogP contribution in [0.2, 0.25) is 0 Å². The maximum Gasteiger partial charge on any atom is 0.341 e. The van der Waals surface area contributed by atoms with Gasteiger partial charge in [0.2, 0.25) is 0 Å². The molecule has 0 saturated carbocycles. The Hall–Kier alpha value is -2.96. The summed E-state index contributed by atoms with van der Waals surface area (Å²) < 4.78 is 5.31. The van der Waals surface area contributed by atoms with Gasteiger partial charge in [0, 0.05) is 30.1 Å². The van der Waals surface area contributed by atoms with Crippen molar-refractivity contribution in [3.8, 4) is 0 Å². The number of fused-ring (bicyclic) bond motifs is 1. The number of esters is 1. The molecule has 0 atom stereocenters. The molecule has 6 heteroatoms. The number of anilines is 1. The highest BCUT2D eigenvalue weighted by Gasteiger charge is 2.29. The van der Waals surface area contributed by atoms with Crippen LogP contribution < -0.4 is 5.32 Å². The molecule has 1 aliphatic rings. The van der Waals surface area contributed by atoms with E-state index in [4.69, 9.17) is 4.74 Å². The van der Waals surface area contributed by atoms with Gasteiger partial charge in [-0.25, -0.2) is 4.79 Å². The number of ether oxygens (including phenoxy) is 1. The van der Waals surface area contributed by atoms with Crippen LogP contribution in [0.1, 0.15) is 43.6 Å². The number of nitrogens with one attached hydrogen (secondary N) is 1. The Morgan fingerprint density at radius 2 is 1.77 bits per heavy atom. The second kappa shape index (κ2) is 9.24. The van der Waals surface area contributed by atoms with Crippen LogP contribution in [0.3, 0.4) is 0 Å². The summed E-state index contributed by atoms with van der Waals surface area (Å²) >= 11 is 1.48. The van der Waals surface area contributed by atoms with Gasteiger partial charge >= 0.3 is 5.97 Å². The molecular formula is C24H24N2O3S. The summed E-state index contributed by atoms with van der Waals surface area (Å²) in [5.41, 5.74) is 3.34. The predicted octanol–water partition coefficient (Wildman–Crippen LogP) is 4.74.